The number of rotatable bonds is 6. The summed E-state index contributed by atoms with van der Waals surface area (Å²) in [5.41, 5.74) is 0.949. The molecule has 1 saturated carbocycles. The molecule has 2 saturated heterocycles. The van der Waals surface area contributed by atoms with Gasteiger partial charge in [0.05, 0.1) is 0 Å². The first-order valence-electron chi connectivity index (χ1n) is 12.6. The molecule has 6 nitrogen and oxygen atoms in total. The number of para-hydroxylation sites is 1. The molecule has 2 amide bonds. The Morgan fingerprint density at radius 3 is 2.06 bits per heavy atom. The van der Waals surface area contributed by atoms with Gasteiger partial charge in [0.1, 0.15) is 11.5 Å². The van der Waals surface area contributed by atoms with Gasteiger partial charge in [-0.1, -0.05) is 25.1 Å². The van der Waals surface area contributed by atoms with Crippen molar-refractivity contribution in [3.05, 3.63) is 54.6 Å². The highest BCUT2D eigenvalue weighted by molar-refractivity contribution is 5.94. The van der Waals surface area contributed by atoms with Gasteiger partial charge in [-0.25, -0.2) is 4.79 Å². The number of amides is 2. The maximum absolute atomic E-state index is 13.2. The first-order valence-corrected chi connectivity index (χ1v) is 12.6. The third-order valence-electron chi connectivity index (χ3n) is 7.65. The molecule has 6 heteroatoms. The molecule has 0 N–H and O–H groups in total. The number of anilines is 1. The molecule has 3 fully saturated rings. The van der Waals surface area contributed by atoms with Gasteiger partial charge in [-0.15, -0.1) is 0 Å². The van der Waals surface area contributed by atoms with Gasteiger partial charge in [0, 0.05) is 57.0 Å². The van der Waals surface area contributed by atoms with Crippen LogP contribution in [0.1, 0.15) is 32.6 Å². The van der Waals surface area contributed by atoms with Crippen molar-refractivity contribution in [2.24, 2.45) is 0 Å². The lowest BCUT2D eigenvalue weighted by molar-refractivity contribution is 0.0669. The average molecular weight is 449 g/mol. The molecule has 2 aromatic carbocycles. The molecule has 2 aromatic rings. The number of likely N-dealkylation sites (N-methyl/N-ethyl adjacent to an activating group) is 1. The number of piperazine rings is 1. The van der Waals surface area contributed by atoms with Crippen molar-refractivity contribution in [1.82, 2.24) is 14.7 Å². The summed E-state index contributed by atoms with van der Waals surface area (Å²) >= 11 is 0. The minimum Gasteiger partial charge on any atom is -0.457 e. The summed E-state index contributed by atoms with van der Waals surface area (Å²) in [6, 6.07) is 18.9. The quantitative estimate of drug-likeness (QED) is 0.644. The largest absolute Gasteiger partial charge is 0.457 e. The summed E-state index contributed by atoms with van der Waals surface area (Å²) in [4.78, 5) is 22.5. The average Bonchev–Trinajstić information content (AvgIpc) is 3.26. The highest BCUT2D eigenvalue weighted by Crippen LogP contribution is 2.32. The first kappa shape index (κ1) is 22.2. The van der Waals surface area contributed by atoms with Crippen LogP contribution in [0.3, 0.4) is 0 Å². The number of urea groups is 1. The van der Waals surface area contributed by atoms with Crippen LogP contribution in [0.5, 0.6) is 11.5 Å². The maximum atomic E-state index is 13.2. The molecule has 0 radical (unpaired) electrons. The Bertz CT molecular complexity index is 903. The van der Waals surface area contributed by atoms with E-state index in [1.54, 1.807) is 0 Å². The topological polar surface area (TPSA) is 39.3 Å². The number of carbonyl (C=O) groups excluding carboxylic acids is 1. The van der Waals surface area contributed by atoms with Crippen LogP contribution in [-0.2, 0) is 0 Å². The van der Waals surface area contributed by atoms with Gasteiger partial charge < -0.3 is 14.5 Å². The third-order valence-corrected chi connectivity index (χ3v) is 7.65. The Morgan fingerprint density at radius 1 is 0.758 bits per heavy atom. The summed E-state index contributed by atoms with van der Waals surface area (Å²) in [5, 5.41) is 0. The third kappa shape index (κ3) is 5.02. The predicted octanol–water partition coefficient (Wildman–Crippen LogP) is 4.67. The van der Waals surface area contributed by atoms with Crippen LogP contribution in [0.25, 0.3) is 0 Å². The summed E-state index contributed by atoms with van der Waals surface area (Å²) in [5.74, 6) is 1.60. The molecule has 1 aliphatic carbocycles. The molecule has 0 aromatic heterocycles. The van der Waals surface area contributed by atoms with Crippen molar-refractivity contribution in [3.63, 3.8) is 0 Å². The summed E-state index contributed by atoms with van der Waals surface area (Å²) < 4.78 is 5.89. The zero-order chi connectivity index (χ0) is 22.6. The summed E-state index contributed by atoms with van der Waals surface area (Å²) in [7, 11) is 0. The number of nitrogens with zero attached hydrogens (tertiary/aromatic N) is 4. The second-order valence-corrected chi connectivity index (χ2v) is 9.47. The van der Waals surface area contributed by atoms with Crippen LogP contribution < -0.4 is 9.64 Å². The molecule has 0 unspecified atom stereocenters. The Balaban J connectivity index is 1.13. The van der Waals surface area contributed by atoms with Gasteiger partial charge in [0.15, 0.2) is 0 Å². The Morgan fingerprint density at radius 2 is 1.39 bits per heavy atom. The van der Waals surface area contributed by atoms with E-state index in [9.17, 15) is 4.79 Å². The normalized spacial score (nSPS) is 24.9. The highest BCUT2D eigenvalue weighted by Gasteiger charge is 2.37. The number of ether oxygens (including phenoxy) is 1. The van der Waals surface area contributed by atoms with Crippen LogP contribution in [0.4, 0.5) is 10.5 Å². The van der Waals surface area contributed by atoms with E-state index < -0.39 is 0 Å². The second-order valence-electron chi connectivity index (χ2n) is 9.47. The van der Waals surface area contributed by atoms with E-state index in [4.69, 9.17) is 4.74 Å². The molecular weight excluding hydrogens is 412 g/mol. The number of carbonyl (C=O) groups is 1. The zero-order valence-electron chi connectivity index (χ0n) is 19.7. The molecule has 176 valence electrons. The second kappa shape index (κ2) is 10.1. The lowest BCUT2D eigenvalue weighted by Gasteiger charge is -2.43. The molecule has 2 heterocycles. The molecule has 0 bridgehead atoms. The van der Waals surface area contributed by atoms with Crippen molar-refractivity contribution in [2.45, 2.75) is 44.7 Å². The van der Waals surface area contributed by atoms with Crippen molar-refractivity contribution in [1.29, 1.82) is 0 Å². The van der Waals surface area contributed by atoms with E-state index in [0.717, 1.165) is 49.7 Å². The van der Waals surface area contributed by atoms with Crippen LogP contribution in [-0.4, -0.2) is 78.6 Å². The molecular formula is C27H36N4O2. The monoisotopic (exact) mass is 448 g/mol. The lowest BCUT2D eigenvalue weighted by Crippen LogP contribution is -2.52. The molecule has 3 aliphatic rings. The lowest BCUT2D eigenvalue weighted by atomic mass is 9.89. The van der Waals surface area contributed by atoms with Crippen LogP contribution in [0, 0.1) is 0 Å². The van der Waals surface area contributed by atoms with E-state index in [0.29, 0.717) is 12.1 Å². The maximum Gasteiger partial charge on any atom is 0.324 e. The van der Waals surface area contributed by atoms with E-state index in [-0.39, 0.29) is 6.03 Å². The number of hydrogen-bond donors (Lipinski definition) is 0. The standard InChI is InChI=1S/C27H36N4O2/c1-2-28-16-18-29(19-17-28)22-8-10-23(11-9-22)30-20-21-31(27(30)32)24-12-14-26(15-13-24)33-25-6-4-3-5-7-25/h3-7,12-15,22-23H,2,8-11,16-21H2,1H3. The number of hydrogen-bond acceptors (Lipinski definition) is 4. The van der Waals surface area contributed by atoms with Gasteiger partial charge in [-0.05, 0) is 68.6 Å². The SMILES string of the molecule is CCN1CCN(C2CCC(N3CCN(c4ccc(Oc5ccccc5)cc4)C3=O)CC2)CC1. The van der Waals surface area contributed by atoms with Crippen molar-refractivity contribution in [3.8, 4) is 11.5 Å². The zero-order valence-corrected chi connectivity index (χ0v) is 19.7. The highest BCUT2D eigenvalue weighted by atomic mass is 16.5. The van der Waals surface area contributed by atoms with Gasteiger partial charge >= 0.3 is 6.03 Å². The fraction of sp³-hybridized carbons (Fsp3) is 0.519. The number of benzene rings is 2. The Hall–Kier alpha value is -2.57. The Kier molecular flexibility index (Phi) is 6.83. The van der Waals surface area contributed by atoms with Crippen LogP contribution in [0.15, 0.2) is 54.6 Å². The van der Waals surface area contributed by atoms with Crippen LogP contribution >= 0.6 is 0 Å². The summed E-state index contributed by atoms with van der Waals surface area (Å²) in [6.07, 6.45) is 4.68. The molecule has 0 atom stereocenters. The van der Waals surface area contributed by atoms with E-state index in [2.05, 4.69) is 21.6 Å². The van der Waals surface area contributed by atoms with E-state index in [1.165, 1.54) is 39.0 Å². The fourth-order valence-corrected chi connectivity index (χ4v) is 5.63. The fourth-order valence-electron chi connectivity index (χ4n) is 5.63. The predicted molar refractivity (Wildman–Crippen MR) is 132 cm³/mol. The van der Waals surface area contributed by atoms with Gasteiger partial charge in [0.2, 0.25) is 0 Å². The van der Waals surface area contributed by atoms with E-state index in [1.807, 2.05) is 59.5 Å². The van der Waals surface area contributed by atoms with Crippen molar-refractivity contribution < 1.29 is 9.53 Å². The first-order chi connectivity index (χ1) is 16.2. The van der Waals surface area contributed by atoms with Crippen molar-refractivity contribution in [2.75, 3.05) is 50.7 Å². The van der Waals surface area contributed by atoms with Crippen molar-refractivity contribution >= 4 is 11.7 Å². The smallest absolute Gasteiger partial charge is 0.324 e. The molecule has 0 spiro atoms. The van der Waals surface area contributed by atoms with Gasteiger partial charge in [0.25, 0.3) is 0 Å². The Labute approximate surface area is 197 Å². The van der Waals surface area contributed by atoms with Gasteiger partial charge in [-0.3, -0.25) is 9.80 Å². The molecule has 5 rings (SSSR count). The molecule has 2 aliphatic heterocycles. The van der Waals surface area contributed by atoms with E-state index >= 15 is 0 Å². The van der Waals surface area contributed by atoms with Crippen LogP contribution in [0.2, 0.25) is 0 Å². The minimum atomic E-state index is 0.159. The minimum absolute atomic E-state index is 0.159. The van der Waals surface area contributed by atoms with Gasteiger partial charge in [-0.2, -0.15) is 0 Å². The molecule has 33 heavy (non-hydrogen) atoms. The summed E-state index contributed by atoms with van der Waals surface area (Å²) in [6.45, 7) is 9.80.